The minimum absolute atomic E-state index is 0.0604. The van der Waals surface area contributed by atoms with Crippen molar-refractivity contribution >= 4 is 11.9 Å². The second-order valence-electron chi connectivity index (χ2n) is 5.62. The Hall–Kier alpha value is -2.70. The smallest absolute Gasteiger partial charge is 0.308 e. The van der Waals surface area contributed by atoms with Gasteiger partial charge in [-0.05, 0) is 37.6 Å². The summed E-state index contributed by atoms with van der Waals surface area (Å²) in [5, 5.41) is 16.0. The lowest BCUT2D eigenvalue weighted by Crippen LogP contribution is -2.33. The average molecular weight is 333 g/mol. The minimum atomic E-state index is -0.925. The Labute approximate surface area is 139 Å². The van der Waals surface area contributed by atoms with Crippen molar-refractivity contribution < 1.29 is 19.1 Å². The molecule has 7 heteroatoms. The second kappa shape index (κ2) is 7.72. The summed E-state index contributed by atoms with van der Waals surface area (Å²) >= 11 is 0. The van der Waals surface area contributed by atoms with Crippen LogP contribution in [0.4, 0.5) is 4.39 Å². The van der Waals surface area contributed by atoms with Gasteiger partial charge in [-0.3, -0.25) is 9.59 Å². The summed E-state index contributed by atoms with van der Waals surface area (Å²) in [6.45, 7) is 3.69. The molecule has 1 heterocycles. The monoisotopic (exact) mass is 333 g/mol. The lowest BCUT2D eigenvalue weighted by atomic mass is 10.0. The third kappa shape index (κ3) is 4.18. The van der Waals surface area contributed by atoms with Crippen molar-refractivity contribution in [2.24, 2.45) is 5.92 Å². The molecule has 128 valence electrons. The summed E-state index contributed by atoms with van der Waals surface area (Å²) < 4.78 is 14.5. The molecule has 6 nitrogen and oxygen atoms in total. The summed E-state index contributed by atoms with van der Waals surface area (Å²) in [4.78, 5) is 23.4. The van der Waals surface area contributed by atoms with Crippen LogP contribution in [0.2, 0.25) is 0 Å². The topological polar surface area (TPSA) is 84.2 Å². The number of amides is 1. The zero-order valence-electron chi connectivity index (χ0n) is 13.6. The highest BCUT2D eigenvalue weighted by molar-refractivity contribution is 5.93. The fraction of sp³-hybridized carbons (Fsp3) is 0.353. The van der Waals surface area contributed by atoms with Gasteiger partial charge in [-0.15, -0.1) is 0 Å². The highest BCUT2D eigenvalue weighted by Crippen LogP contribution is 2.13. The number of hydrogen-bond acceptors (Lipinski definition) is 3. The van der Waals surface area contributed by atoms with E-state index in [4.69, 9.17) is 5.11 Å². The highest BCUT2D eigenvalue weighted by Gasteiger charge is 2.20. The van der Waals surface area contributed by atoms with Gasteiger partial charge in [-0.1, -0.05) is 13.3 Å². The molecule has 0 aliphatic heterocycles. The van der Waals surface area contributed by atoms with Crippen LogP contribution in [0.15, 0.2) is 30.5 Å². The zero-order chi connectivity index (χ0) is 17.7. The van der Waals surface area contributed by atoms with E-state index in [9.17, 15) is 14.0 Å². The van der Waals surface area contributed by atoms with E-state index < -0.39 is 17.8 Å². The van der Waals surface area contributed by atoms with Gasteiger partial charge in [0, 0.05) is 18.3 Å². The van der Waals surface area contributed by atoms with Crippen LogP contribution in [-0.4, -0.2) is 33.3 Å². The summed E-state index contributed by atoms with van der Waals surface area (Å²) in [7, 11) is 0. The third-order valence-corrected chi connectivity index (χ3v) is 3.70. The van der Waals surface area contributed by atoms with Gasteiger partial charge in [0.25, 0.3) is 5.91 Å². The van der Waals surface area contributed by atoms with Crippen molar-refractivity contribution in [3.63, 3.8) is 0 Å². The third-order valence-electron chi connectivity index (χ3n) is 3.70. The number of aliphatic carboxylic acids is 1. The Morgan fingerprint density at radius 3 is 2.58 bits per heavy atom. The molecule has 0 bridgehead atoms. The van der Waals surface area contributed by atoms with Crippen molar-refractivity contribution in [1.82, 2.24) is 15.1 Å². The number of benzene rings is 1. The van der Waals surface area contributed by atoms with Gasteiger partial charge < -0.3 is 10.4 Å². The lowest BCUT2D eigenvalue weighted by Gasteiger charge is -2.11. The van der Waals surface area contributed by atoms with E-state index in [1.165, 1.54) is 16.8 Å². The van der Waals surface area contributed by atoms with Gasteiger partial charge in [-0.2, -0.15) is 5.10 Å². The minimum Gasteiger partial charge on any atom is -0.481 e. The van der Waals surface area contributed by atoms with Crippen LogP contribution in [-0.2, 0) is 4.79 Å². The SMILES string of the molecule is CCCC(CNC(=O)c1nn(-c2ccc(F)cc2)cc1C)C(=O)O. The highest BCUT2D eigenvalue weighted by atomic mass is 19.1. The Morgan fingerprint density at radius 2 is 2.00 bits per heavy atom. The van der Waals surface area contributed by atoms with Gasteiger partial charge in [0.05, 0.1) is 11.6 Å². The maximum Gasteiger partial charge on any atom is 0.308 e. The number of carbonyl (C=O) groups excluding carboxylic acids is 1. The van der Waals surface area contributed by atoms with Crippen LogP contribution in [0, 0.1) is 18.7 Å². The number of nitrogens with one attached hydrogen (secondary N) is 1. The molecule has 1 aromatic heterocycles. The summed E-state index contributed by atoms with van der Waals surface area (Å²) in [6.07, 6.45) is 2.90. The first-order valence-corrected chi connectivity index (χ1v) is 7.75. The molecule has 2 N–H and O–H groups in total. The van der Waals surface area contributed by atoms with Crippen molar-refractivity contribution in [1.29, 1.82) is 0 Å². The number of carbonyl (C=O) groups is 2. The molecule has 0 saturated carbocycles. The van der Waals surface area contributed by atoms with Crippen LogP contribution in [0.3, 0.4) is 0 Å². The van der Waals surface area contributed by atoms with Crippen molar-refractivity contribution in [3.05, 3.63) is 47.5 Å². The molecule has 0 spiro atoms. The molecule has 2 aromatic rings. The van der Waals surface area contributed by atoms with Crippen LogP contribution >= 0.6 is 0 Å². The number of aryl methyl sites for hydroxylation is 1. The van der Waals surface area contributed by atoms with Crippen LogP contribution in [0.25, 0.3) is 5.69 Å². The van der Waals surface area contributed by atoms with E-state index in [1.54, 1.807) is 25.3 Å². The van der Waals surface area contributed by atoms with E-state index in [0.29, 0.717) is 17.7 Å². The molecular formula is C17H20FN3O3. The van der Waals surface area contributed by atoms with Crippen molar-refractivity contribution in [2.75, 3.05) is 6.54 Å². The molecule has 0 fully saturated rings. The number of halogens is 1. The average Bonchev–Trinajstić information content (AvgIpc) is 2.93. The predicted octanol–water partition coefficient (Wildman–Crippen LogP) is 2.55. The number of hydrogen-bond donors (Lipinski definition) is 2. The quantitative estimate of drug-likeness (QED) is 0.815. The van der Waals surface area contributed by atoms with E-state index in [1.807, 2.05) is 6.92 Å². The molecule has 24 heavy (non-hydrogen) atoms. The van der Waals surface area contributed by atoms with Gasteiger partial charge in [0.15, 0.2) is 5.69 Å². The standard InChI is InChI=1S/C17H20FN3O3/c1-3-4-12(17(23)24)9-19-16(22)15-11(2)10-21(20-15)14-7-5-13(18)6-8-14/h5-8,10,12H,3-4,9H2,1-2H3,(H,19,22)(H,23,24). The fourth-order valence-corrected chi connectivity index (χ4v) is 2.37. The van der Waals surface area contributed by atoms with E-state index in [-0.39, 0.29) is 18.1 Å². The maximum atomic E-state index is 13.0. The van der Waals surface area contributed by atoms with Crippen LogP contribution in [0.1, 0.15) is 35.8 Å². The number of nitrogens with zero attached hydrogens (tertiary/aromatic N) is 2. The van der Waals surface area contributed by atoms with Crippen molar-refractivity contribution in [2.45, 2.75) is 26.7 Å². The second-order valence-corrected chi connectivity index (χ2v) is 5.62. The van der Waals surface area contributed by atoms with Crippen LogP contribution < -0.4 is 5.32 Å². The van der Waals surface area contributed by atoms with Gasteiger partial charge in [0.1, 0.15) is 5.82 Å². The largest absolute Gasteiger partial charge is 0.481 e. The molecule has 2 rings (SSSR count). The van der Waals surface area contributed by atoms with Gasteiger partial charge in [0.2, 0.25) is 0 Å². The maximum absolute atomic E-state index is 13.0. The molecule has 1 unspecified atom stereocenters. The molecule has 0 radical (unpaired) electrons. The molecule has 0 saturated heterocycles. The summed E-state index contributed by atoms with van der Waals surface area (Å²) in [5.41, 5.74) is 1.51. The molecule has 1 atom stereocenters. The first-order valence-electron chi connectivity index (χ1n) is 7.75. The normalized spacial score (nSPS) is 12.0. The van der Waals surface area contributed by atoms with Gasteiger partial charge in [-0.25, -0.2) is 9.07 Å². The number of rotatable bonds is 7. The summed E-state index contributed by atoms with van der Waals surface area (Å²) in [5.74, 6) is -2.31. The summed E-state index contributed by atoms with van der Waals surface area (Å²) in [6, 6.07) is 5.75. The predicted molar refractivity (Wildman–Crippen MR) is 86.6 cm³/mol. The number of carboxylic acids is 1. The number of carboxylic acid groups (broad SMARTS) is 1. The Kier molecular flexibility index (Phi) is 5.68. The molecule has 0 aliphatic rings. The fourth-order valence-electron chi connectivity index (χ4n) is 2.37. The molecule has 1 aromatic carbocycles. The lowest BCUT2D eigenvalue weighted by molar-refractivity contribution is -0.141. The first kappa shape index (κ1) is 17.7. The Morgan fingerprint density at radius 1 is 1.33 bits per heavy atom. The molecular weight excluding hydrogens is 313 g/mol. The van der Waals surface area contributed by atoms with Crippen LogP contribution in [0.5, 0.6) is 0 Å². The Balaban J connectivity index is 2.10. The van der Waals surface area contributed by atoms with Crippen molar-refractivity contribution in [3.8, 4) is 5.69 Å². The van der Waals surface area contributed by atoms with E-state index in [2.05, 4.69) is 10.4 Å². The molecule has 0 aliphatic carbocycles. The number of aromatic nitrogens is 2. The zero-order valence-corrected chi connectivity index (χ0v) is 13.6. The first-order chi connectivity index (χ1) is 11.4. The van der Waals surface area contributed by atoms with E-state index in [0.717, 1.165) is 6.42 Å². The Bertz CT molecular complexity index is 725. The molecule has 1 amide bonds. The van der Waals surface area contributed by atoms with E-state index >= 15 is 0 Å². The van der Waals surface area contributed by atoms with Gasteiger partial charge >= 0.3 is 5.97 Å².